The van der Waals surface area contributed by atoms with Gasteiger partial charge in [-0.1, -0.05) is 12.1 Å². The van der Waals surface area contributed by atoms with E-state index in [0.29, 0.717) is 30.2 Å². The van der Waals surface area contributed by atoms with Crippen LogP contribution in [0.3, 0.4) is 0 Å². The fourth-order valence-corrected chi connectivity index (χ4v) is 1.79. The zero-order valence-corrected chi connectivity index (χ0v) is 9.92. The molecule has 94 valence electrons. The third-order valence-electron chi connectivity index (χ3n) is 2.61. The van der Waals surface area contributed by atoms with Crippen molar-refractivity contribution in [3.05, 3.63) is 46.0 Å². The van der Waals surface area contributed by atoms with E-state index in [4.69, 9.17) is 10.2 Å². The number of oxazole rings is 1. The Balaban J connectivity index is 2.51. The van der Waals surface area contributed by atoms with Crippen molar-refractivity contribution in [2.24, 2.45) is 5.73 Å². The van der Waals surface area contributed by atoms with E-state index in [9.17, 15) is 10.1 Å². The Kier molecular flexibility index (Phi) is 3.38. The molecule has 6 heteroatoms. The Morgan fingerprint density at radius 2 is 2.28 bits per heavy atom. The molecule has 0 aliphatic heterocycles. The molecule has 0 unspecified atom stereocenters. The third-order valence-corrected chi connectivity index (χ3v) is 2.61. The van der Waals surface area contributed by atoms with E-state index >= 15 is 0 Å². The van der Waals surface area contributed by atoms with Crippen LogP contribution in [0.25, 0.3) is 11.3 Å². The van der Waals surface area contributed by atoms with Crippen molar-refractivity contribution in [3.8, 4) is 11.3 Å². The minimum absolute atomic E-state index is 0.0189. The third kappa shape index (κ3) is 2.23. The topological polar surface area (TPSA) is 95.2 Å². The van der Waals surface area contributed by atoms with E-state index < -0.39 is 4.92 Å². The molecule has 2 N–H and O–H groups in total. The first-order valence-electron chi connectivity index (χ1n) is 5.52. The summed E-state index contributed by atoms with van der Waals surface area (Å²) in [5.41, 5.74) is 6.68. The second kappa shape index (κ2) is 4.97. The lowest BCUT2D eigenvalue weighted by molar-refractivity contribution is -0.384. The van der Waals surface area contributed by atoms with E-state index in [-0.39, 0.29) is 5.69 Å². The molecule has 1 heterocycles. The van der Waals surface area contributed by atoms with Crippen LogP contribution in [-0.4, -0.2) is 16.5 Å². The molecule has 0 aliphatic rings. The Hall–Kier alpha value is -2.21. The fraction of sp³-hybridized carbons (Fsp3) is 0.250. The zero-order valence-electron chi connectivity index (χ0n) is 9.92. The minimum atomic E-state index is -0.423. The lowest BCUT2D eigenvalue weighted by Crippen LogP contribution is -2.02. The monoisotopic (exact) mass is 247 g/mol. The molecule has 0 fully saturated rings. The SMILES string of the molecule is Cc1cccc([N+](=O)[O-])c1-c1cnc(CCN)o1. The van der Waals surface area contributed by atoms with Crippen LogP contribution in [-0.2, 0) is 6.42 Å². The van der Waals surface area contributed by atoms with Crippen molar-refractivity contribution >= 4 is 5.69 Å². The van der Waals surface area contributed by atoms with Gasteiger partial charge in [-0.3, -0.25) is 10.1 Å². The van der Waals surface area contributed by atoms with Gasteiger partial charge in [0.25, 0.3) is 5.69 Å². The maximum absolute atomic E-state index is 11.0. The van der Waals surface area contributed by atoms with Gasteiger partial charge in [0, 0.05) is 19.0 Å². The van der Waals surface area contributed by atoms with Gasteiger partial charge in [-0.25, -0.2) is 4.98 Å². The van der Waals surface area contributed by atoms with Gasteiger partial charge < -0.3 is 10.2 Å². The summed E-state index contributed by atoms with van der Waals surface area (Å²) in [7, 11) is 0. The molecular formula is C12H13N3O3. The van der Waals surface area contributed by atoms with Gasteiger partial charge in [0.1, 0.15) is 0 Å². The lowest BCUT2D eigenvalue weighted by atomic mass is 10.1. The Bertz CT molecular complexity index is 578. The van der Waals surface area contributed by atoms with Gasteiger partial charge in [0.15, 0.2) is 11.7 Å². The first-order chi connectivity index (χ1) is 8.63. The first kappa shape index (κ1) is 12.3. The van der Waals surface area contributed by atoms with Crippen LogP contribution in [0, 0.1) is 17.0 Å². The molecule has 0 saturated carbocycles. The number of aromatic nitrogens is 1. The van der Waals surface area contributed by atoms with E-state index in [1.54, 1.807) is 19.1 Å². The normalized spacial score (nSPS) is 10.6. The molecule has 0 aliphatic carbocycles. The van der Waals surface area contributed by atoms with Crippen molar-refractivity contribution in [1.82, 2.24) is 4.98 Å². The van der Waals surface area contributed by atoms with Gasteiger partial charge in [-0.15, -0.1) is 0 Å². The largest absolute Gasteiger partial charge is 0.440 e. The number of nitro groups is 1. The molecule has 0 amide bonds. The lowest BCUT2D eigenvalue weighted by Gasteiger charge is -2.02. The average Bonchev–Trinajstić information content (AvgIpc) is 2.77. The van der Waals surface area contributed by atoms with Crippen LogP contribution in [0.1, 0.15) is 11.5 Å². The molecule has 1 aromatic carbocycles. The molecule has 0 bridgehead atoms. The smallest absolute Gasteiger partial charge is 0.280 e. The van der Waals surface area contributed by atoms with E-state index in [1.165, 1.54) is 12.3 Å². The summed E-state index contributed by atoms with van der Waals surface area (Å²) in [5, 5.41) is 11.0. The Morgan fingerprint density at radius 1 is 1.50 bits per heavy atom. The maximum atomic E-state index is 11.0. The molecular weight excluding hydrogens is 234 g/mol. The number of nitrogens with zero attached hydrogens (tertiary/aromatic N) is 2. The zero-order chi connectivity index (χ0) is 13.1. The molecule has 1 aromatic heterocycles. The van der Waals surface area contributed by atoms with Crippen LogP contribution in [0.5, 0.6) is 0 Å². The molecule has 18 heavy (non-hydrogen) atoms. The summed E-state index contributed by atoms with van der Waals surface area (Å²) < 4.78 is 5.49. The summed E-state index contributed by atoms with van der Waals surface area (Å²) in [4.78, 5) is 14.6. The number of aryl methyl sites for hydroxylation is 1. The first-order valence-corrected chi connectivity index (χ1v) is 5.52. The van der Waals surface area contributed by atoms with Gasteiger partial charge in [-0.05, 0) is 12.5 Å². The highest BCUT2D eigenvalue weighted by Gasteiger charge is 2.20. The fourth-order valence-electron chi connectivity index (χ4n) is 1.79. The minimum Gasteiger partial charge on any atom is -0.440 e. The van der Waals surface area contributed by atoms with Crippen molar-refractivity contribution in [3.63, 3.8) is 0 Å². The quantitative estimate of drug-likeness (QED) is 0.659. The van der Waals surface area contributed by atoms with Crippen molar-refractivity contribution in [1.29, 1.82) is 0 Å². The summed E-state index contributed by atoms with van der Waals surface area (Å²) >= 11 is 0. The van der Waals surface area contributed by atoms with Crippen molar-refractivity contribution < 1.29 is 9.34 Å². The van der Waals surface area contributed by atoms with Gasteiger partial charge in [0.2, 0.25) is 0 Å². The van der Waals surface area contributed by atoms with Gasteiger partial charge >= 0.3 is 0 Å². The van der Waals surface area contributed by atoms with Crippen LogP contribution in [0.4, 0.5) is 5.69 Å². The second-order valence-corrected chi connectivity index (χ2v) is 3.88. The highest BCUT2D eigenvalue weighted by atomic mass is 16.6. The van der Waals surface area contributed by atoms with Gasteiger partial charge in [-0.2, -0.15) is 0 Å². The average molecular weight is 247 g/mol. The molecule has 0 saturated heterocycles. The van der Waals surface area contributed by atoms with Crippen molar-refractivity contribution in [2.45, 2.75) is 13.3 Å². The predicted molar refractivity (Wildman–Crippen MR) is 66.1 cm³/mol. The van der Waals surface area contributed by atoms with Crippen LogP contribution >= 0.6 is 0 Å². The summed E-state index contributed by atoms with van der Waals surface area (Å²) in [5.74, 6) is 0.897. The molecule has 0 atom stereocenters. The molecule has 2 rings (SSSR count). The standard InChI is InChI=1S/C12H13N3O3/c1-8-3-2-4-9(15(16)17)12(8)10-7-14-11(18-10)5-6-13/h2-4,7H,5-6,13H2,1H3. The number of hydrogen-bond acceptors (Lipinski definition) is 5. The molecule has 6 nitrogen and oxygen atoms in total. The predicted octanol–water partition coefficient (Wildman–Crippen LogP) is 2.06. The molecule has 0 spiro atoms. The highest BCUT2D eigenvalue weighted by molar-refractivity contribution is 5.72. The van der Waals surface area contributed by atoms with Crippen molar-refractivity contribution in [2.75, 3.05) is 6.54 Å². The van der Waals surface area contributed by atoms with Crippen LogP contribution < -0.4 is 5.73 Å². The number of nitrogens with two attached hydrogens (primary N) is 1. The van der Waals surface area contributed by atoms with E-state index in [0.717, 1.165) is 5.56 Å². The molecule has 2 aromatic rings. The van der Waals surface area contributed by atoms with E-state index in [1.807, 2.05) is 0 Å². The van der Waals surface area contributed by atoms with Gasteiger partial charge in [0.05, 0.1) is 16.7 Å². The summed E-state index contributed by atoms with van der Waals surface area (Å²) in [6.07, 6.45) is 2.01. The van der Waals surface area contributed by atoms with Crippen LogP contribution in [0.15, 0.2) is 28.8 Å². The summed E-state index contributed by atoms with van der Waals surface area (Å²) in [6, 6.07) is 4.90. The summed E-state index contributed by atoms with van der Waals surface area (Å²) in [6.45, 7) is 2.23. The second-order valence-electron chi connectivity index (χ2n) is 3.88. The maximum Gasteiger partial charge on any atom is 0.280 e. The number of nitro benzene ring substituents is 1. The number of rotatable bonds is 4. The Labute approximate surface area is 104 Å². The van der Waals surface area contributed by atoms with Crippen LogP contribution in [0.2, 0.25) is 0 Å². The number of benzene rings is 1. The molecule has 0 radical (unpaired) electrons. The highest BCUT2D eigenvalue weighted by Crippen LogP contribution is 2.33. The Morgan fingerprint density at radius 3 is 2.94 bits per heavy atom. The number of hydrogen-bond donors (Lipinski definition) is 1. The van der Waals surface area contributed by atoms with E-state index in [2.05, 4.69) is 4.98 Å².